The topological polar surface area (TPSA) is 39.2 Å². The summed E-state index contributed by atoms with van der Waals surface area (Å²) in [6, 6.07) is 0. The van der Waals surface area contributed by atoms with Gasteiger partial charge >= 0.3 is 5.97 Å². The van der Waals surface area contributed by atoms with Gasteiger partial charge in [0.1, 0.15) is 0 Å². The molecule has 1 heterocycles. The molecule has 1 rings (SSSR count). The van der Waals surface area contributed by atoms with Crippen molar-refractivity contribution in [1.82, 2.24) is 4.98 Å². The number of esters is 1. The summed E-state index contributed by atoms with van der Waals surface area (Å²) in [6.07, 6.45) is 2.88. The zero-order valence-corrected chi connectivity index (χ0v) is 7.06. The molecule has 0 aliphatic carbocycles. The lowest BCUT2D eigenvalue weighted by molar-refractivity contribution is -0.134. The molecule has 0 unspecified atom stereocenters. The van der Waals surface area contributed by atoms with Gasteiger partial charge in [-0.25, -0.2) is 4.98 Å². The minimum absolute atomic E-state index is 0.206. The van der Waals surface area contributed by atoms with E-state index in [1.165, 1.54) is 11.3 Å². The zero-order valence-electron chi connectivity index (χ0n) is 6.24. The second-order valence-corrected chi connectivity index (χ2v) is 2.88. The number of ether oxygens (including phenoxy) is 1. The van der Waals surface area contributed by atoms with Crippen molar-refractivity contribution in [2.75, 3.05) is 0 Å². The highest BCUT2D eigenvalue weighted by molar-refractivity contribution is 7.11. The van der Waals surface area contributed by atoms with E-state index in [0.29, 0.717) is 11.6 Å². The fourth-order valence-electron chi connectivity index (χ4n) is 0.613. The molecule has 0 amide bonds. The maximum absolute atomic E-state index is 10.9. The molecule has 1 aromatic rings. The van der Waals surface area contributed by atoms with Gasteiger partial charge < -0.3 is 4.74 Å². The SMILES string of the molecule is CCCC(=O)Oc1nccs1. The van der Waals surface area contributed by atoms with Crippen molar-refractivity contribution < 1.29 is 9.53 Å². The molecule has 0 saturated carbocycles. The number of carbonyl (C=O) groups is 1. The van der Waals surface area contributed by atoms with E-state index in [9.17, 15) is 4.79 Å². The molecular formula is C7H9NO2S. The van der Waals surface area contributed by atoms with E-state index in [4.69, 9.17) is 4.74 Å². The summed E-state index contributed by atoms with van der Waals surface area (Å²) in [5, 5.41) is 2.21. The lowest BCUT2D eigenvalue weighted by Crippen LogP contribution is -2.06. The first-order valence-corrected chi connectivity index (χ1v) is 4.31. The Kier molecular flexibility index (Phi) is 3.04. The predicted octanol–water partition coefficient (Wildman–Crippen LogP) is 1.85. The van der Waals surface area contributed by atoms with E-state index in [-0.39, 0.29) is 5.97 Å². The van der Waals surface area contributed by atoms with Crippen molar-refractivity contribution in [3.63, 3.8) is 0 Å². The molecule has 0 saturated heterocycles. The van der Waals surface area contributed by atoms with Crippen molar-refractivity contribution in [1.29, 1.82) is 0 Å². The average Bonchev–Trinajstić information content (AvgIpc) is 2.40. The van der Waals surface area contributed by atoms with Gasteiger partial charge in [-0.15, -0.1) is 0 Å². The zero-order chi connectivity index (χ0) is 8.10. The Morgan fingerprint density at radius 1 is 1.82 bits per heavy atom. The highest BCUT2D eigenvalue weighted by Gasteiger charge is 2.03. The third-order valence-corrected chi connectivity index (χ3v) is 1.71. The summed E-state index contributed by atoms with van der Waals surface area (Å²) in [6.45, 7) is 1.93. The molecule has 1 aromatic heterocycles. The van der Waals surface area contributed by atoms with Crippen LogP contribution in [0.3, 0.4) is 0 Å². The fraction of sp³-hybridized carbons (Fsp3) is 0.429. The molecule has 11 heavy (non-hydrogen) atoms. The lowest BCUT2D eigenvalue weighted by atomic mass is 10.3. The number of carbonyl (C=O) groups excluding carboxylic acids is 1. The van der Waals surface area contributed by atoms with Crippen LogP contribution in [-0.4, -0.2) is 11.0 Å². The average molecular weight is 171 g/mol. The number of hydrogen-bond acceptors (Lipinski definition) is 4. The minimum atomic E-state index is -0.206. The van der Waals surface area contributed by atoms with Gasteiger partial charge in [0.2, 0.25) is 0 Å². The van der Waals surface area contributed by atoms with Crippen LogP contribution >= 0.6 is 11.3 Å². The third-order valence-electron chi connectivity index (χ3n) is 1.06. The molecule has 0 atom stereocenters. The van der Waals surface area contributed by atoms with Gasteiger partial charge in [-0.1, -0.05) is 18.3 Å². The summed E-state index contributed by atoms with van der Waals surface area (Å²) in [5.74, 6) is -0.206. The Balaban J connectivity index is 2.37. The van der Waals surface area contributed by atoms with Crippen LogP contribution < -0.4 is 4.74 Å². The predicted molar refractivity (Wildman–Crippen MR) is 42.7 cm³/mol. The molecule has 0 aromatic carbocycles. The Hall–Kier alpha value is -0.900. The molecular weight excluding hydrogens is 162 g/mol. The Morgan fingerprint density at radius 3 is 3.18 bits per heavy atom. The summed E-state index contributed by atoms with van der Waals surface area (Å²) >= 11 is 1.32. The van der Waals surface area contributed by atoms with E-state index in [1.54, 1.807) is 11.6 Å². The molecule has 0 radical (unpaired) electrons. The molecule has 0 aliphatic heterocycles. The van der Waals surface area contributed by atoms with Crippen molar-refractivity contribution in [3.8, 4) is 5.19 Å². The first kappa shape index (κ1) is 8.20. The number of rotatable bonds is 3. The smallest absolute Gasteiger partial charge is 0.313 e. The number of nitrogens with zero attached hydrogens (tertiary/aromatic N) is 1. The van der Waals surface area contributed by atoms with Gasteiger partial charge in [0.25, 0.3) is 5.19 Å². The molecule has 0 bridgehead atoms. The highest BCUT2D eigenvalue weighted by Crippen LogP contribution is 2.14. The van der Waals surface area contributed by atoms with E-state index in [1.807, 2.05) is 6.92 Å². The van der Waals surface area contributed by atoms with Crippen LogP contribution in [0.25, 0.3) is 0 Å². The second kappa shape index (κ2) is 4.08. The van der Waals surface area contributed by atoms with Crippen LogP contribution in [0.5, 0.6) is 5.19 Å². The fourth-order valence-corrected chi connectivity index (χ4v) is 1.11. The molecule has 0 spiro atoms. The van der Waals surface area contributed by atoms with Crippen LogP contribution in [0, 0.1) is 0 Å². The molecule has 60 valence electrons. The Morgan fingerprint density at radius 2 is 2.64 bits per heavy atom. The molecule has 0 aliphatic rings. The minimum Gasteiger partial charge on any atom is -0.398 e. The first-order valence-electron chi connectivity index (χ1n) is 3.43. The van der Waals surface area contributed by atoms with E-state index in [2.05, 4.69) is 4.98 Å². The second-order valence-electron chi connectivity index (χ2n) is 2.02. The number of thiazole rings is 1. The maximum atomic E-state index is 10.9. The molecule has 0 N–H and O–H groups in total. The largest absolute Gasteiger partial charge is 0.398 e. The first-order chi connectivity index (χ1) is 5.33. The summed E-state index contributed by atoms with van der Waals surface area (Å²) in [7, 11) is 0. The van der Waals surface area contributed by atoms with E-state index in [0.717, 1.165) is 6.42 Å². The van der Waals surface area contributed by atoms with Gasteiger partial charge in [0.05, 0.1) is 0 Å². The third kappa shape index (κ3) is 2.67. The van der Waals surface area contributed by atoms with Crippen LogP contribution in [0.15, 0.2) is 11.6 Å². The van der Waals surface area contributed by atoms with Gasteiger partial charge in [0.15, 0.2) is 0 Å². The van der Waals surface area contributed by atoms with Crippen LogP contribution in [-0.2, 0) is 4.79 Å². The van der Waals surface area contributed by atoms with E-state index >= 15 is 0 Å². The van der Waals surface area contributed by atoms with Crippen molar-refractivity contribution in [2.45, 2.75) is 19.8 Å². The van der Waals surface area contributed by atoms with Gasteiger partial charge in [0, 0.05) is 18.0 Å². The monoisotopic (exact) mass is 171 g/mol. The Labute approximate surface area is 69.0 Å². The maximum Gasteiger partial charge on any atom is 0.313 e. The summed E-state index contributed by atoms with van der Waals surface area (Å²) < 4.78 is 4.86. The van der Waals surface area contributed by atoms with E-state index < -0.39 is 0 Å². The van der Waals surface area contributed by atoms with Crippen LogP contribution in [0.4, 0.5) is 0 Å². The van der Waals surface area contributed by atoms with Crippen molar-refractivity contribution in [3.05, 3.63) is 11.6 Å². The van der Waals surface area contributed by atoms with Gasteiger partial charge in [-0.3, -0.25) is 4.79 Å². The Bertz CT molecular complexity index is 220. The number of aromatic nitrogens is 1. The quantitative estimate of drug-likeness (QED) is 0.651. The normalized spacial score (nSPS) is 9.55. The lowest BCUT2D eigenvalue weighted by Gasteiger charge is -1.96. The van der Waals surface area contributed by atoms with Gasteiger partial charge in [-0.2, -0.15) is 0 Å². The molecule has 4 heteroatoms. The van der Waals surface area contributed by atoms with Crippen molar-refractivity contribution >= 4 is 17.3 Å². The highest BCUT2D eigenvalue weighted by atomic mass is 32.1. The summed E-state index contributed by atoms with van der Waals surface area (Å²) in [5.41, 5.74) is 0. The number of hydrogen-bond donors (Lipinski definition) is 0. The van der Waals surface area contributed by atoms with Crippen LogP contribution in [0.1, 0.15) is 19.8 Å². The van der Waals surface area contributed by atoms with Crippen molar-refractivity contribution in [2.24, 2.45) is 0 Å². The standard InChI is InChI=1S/C7H9NO2S/c1-2-3-6(9)10-7-8-4-5-11-7/h4-5H,2-3H2,1H3. The van der Waals surface area contributed by atoms with Gasteiger partial charge in [-0.05, 0) is 6.42 Å². The summed E-state index contributed by atoms with van der Waals surface area (Å²) in [4.78, 5) is 14.7. The molecule has 3 nitrogen and oxygen atoms in total. The molecule has 0 fully saturated rings. The van der Waals surface area contributed by atoms with Crippen LogP contribution in [0.2, 0.25) is 0 Å².